The van der Waals surface area contributed by atoms with Gasteiger partial charge in [0.1, 0.15) is 0 Å². The second kappa shape index (κ2) is 5.61. The summed E-state index contributed by atoms with van der Waals surface area (Å²) in [4.78, 5) is 26.4. The highest BCUT2D eigenvalue weighted by Crippen LogP contribution is 2.44. The lowest BCUT2D eigenvalue weighted by molar-refractivity contribution is -0.130. The van der Waals surface area contributed by atoms with Crippen LogP contribution in [0.2, 0.25) is 5.02 Å². The second-order valence-electron chi connectivity index (χ2n) is 5.70. The van der Waals surface area contributed by atoms with E-state index in [-0.39, 0.29) is 17.6 Å². The minimum atomic E-state index is -0.505. The average Bonchev–Trinajstić information content (AvgIpc) is 2.86. The number of nitrogens with one attached hydrogen (secondary N) is 3. The quantitative estimate of drug-likeness (QED) is 0.805. The monoisotopic (exact) mass is 320 g/mol. The molecule has 0 radical (unpaired) electrons. The largest absolute Gasteiger partial charge is 0.346 e. The molecule has 1 heterocycles. The Morgan fingerprint density at radius 1 is 1.36 bits per heavy atom. The van der Waals surface area contributed by atoms with E-state index in [4.69, 9.17) is 11.6 Å². The standard InChI is InChI=1S/C15H17ClN4O2/c1-9(12-18-14(22)20-19-12)17-13(21)15(7-2-8-15)10-3-5-11(16)6-4-10/h3-6,9H,2,7-8H2,1H3,(H,17,21)(H2,18,19,20,22). The van der Waals surface area contributed by atoms with E-state index in [1.165, 1.54) is 0 Å². The molecule has 3 N–H and O–H groups in total. The summed E-state index contributed by atoms with van der Waals surface area (Å²) in [5, 5.41) is 9.75. The summed E-state index contributed by atoms with van der Waals surface area (Å²) in [7, 11) is 0. The minimum Gasteiger partial charge on any atom is -0.346 e. The zero-order chi connectivity index (χ0) is 15.7. The highest BCUT2D eigenvalue weighted by molar-refractivity contribution is 6.30. The first-order valence-corrected chi connectivity index (χ1v) is 7.61. The van der Waals surface area contributed by atoms with Crippen LogP contribution in [0.3, 0.4) is 0 Å². The molecule has 1 aromatic heterocycles. The Kier molecular flexibility index (Phi) is 3.78. The van der Waals surface area contributed by atoms with Crippen LogP contribution in [0.1, 0.15) is 43.6 Å². The number of aromatic nitrogens is 3. The lowest BCUT2D eigenvalue weighted by atomic mass is 9.63. The third-order valence-electron chi connectivity index (χ3n) is 4.32. The lowest BCUT2D eigenvalue weighted by Gasteiger charge is -2.41. The number of carbonyl (C=O) groups excluding carboxylic acids is 1. The molecule has 6 nitrogen and oxygen atoms in total. The summed E-state index contributed by atoms with van der Waals surface area (Å²) < 4.78 is 0. The van der Waals surface area contributed by atoms with Gasteiger partial charge in [0.15, 0.2) is 5.82 Å². The number of rotatable bonds is 4. The van der Waals surface area contributed by atoms with Crippen molar-refractivity contribution in [1.82, 2.24) is 20.5 Å². The van der Waals surface area contributed by atoms with Gasteiger partial charge < -0.3 is 5.32 Å². The maximum atomic E-state index is 12.7. The number of halogens is 1. The summed E-state index contributed by atoms with van der Waals surface area (Å²) in [6, 6.07) is 7.05. The van der Waals surface area contributed by atoms with Crippen molar-refractivity contribution in [2.45, 2.75) is 37.6 Å². The number of nitrogens with zero attached hydrogens (tertiary/aromatic N) is 1. The van der Waals surface area contributed by atoms with Gasteiger partial charge >= 0.3 is 5.69 Å². The van der Waals surface area contributed by atoms with Crippen LogP contribution >= 0.6 is 11.6 Å². The Bertz CT molecular complexity index is 731. The van der Waals surface area contributed by atoms with Gasteiger partial charge in [-0.3, -0.25) is 9.78 Å². The summed E-state index contributed by atoms with van der Waals surface area (Å²) in [6.07, 6.45) is 2.64. The molecule has 0 saturated heterocycles. The number of hydrogen-bond acceptors (Lipinski definition) is 3. The molecule has 1 unspecified atom stereocenters. The Morgan fingerprint density at radius 3 is 2.55 bits per heavy atom. The van der Waals surface area contributed by atoms with Crippen LogP contribution in [0.25, 0.3) is 0 Å². The number of benzene rings is 1. The van der Waals surface area contributed by atoms with Gasteiger partial charge in [0.05, 0.1) is 11.5 Å². The molecular formula is C15H17ClN4O2. The van der Waals surface area contributed by atoms with Crippen molar-refractivity contribution in [3.8, 4) is 0 Å². The summed E-state index contributed by atoms with van der Waals surface area (Å²) >= 11 is 5.92. The number of aromatic amines is 2. The molecule has 116 valence electrons. The smallest absolute Gasteiger partial charge is 0.340 e. The van der Waals surface area contributed by atoms with E-state index in [1.807, 2.05) is 12.1 Å². The van der Waals surface area contributed by atoms with E-state index < -0.39 is 5.41 Å². The van der Waals surface area contributed by atoms with Gasteiger partial charge in [-0.05, 0) is 37.5 Å². The fourth-order valence-electron chi connectivity index (χ4n) is 2.84. The van der Waals surface area contributed by atoms with Gasteiger partial charge in [-0.2, -0.15) is 5.10 Å². The molecule has 7 heteroatoms. The van der Waals surface area contributed by atoms with Crippen LogP contribution in [-0.4, -0.2) is 21.1 Å². The van der Waals surface area contributed by atoms with E-state index in [0.29, 0.717) is 10.8 Å². The number of amides is 1. The second-order valence-corrected chi connectivity index (χ2v) is 6.14. The molecular weight excluding hydrogens is 304 g/mol. The minimum absolute atomic E-state index is 0.0441. The van der Waals surface area contributed by atoms with Gasteiger partial charge in [-0.25, -0.2) is 9.89 Å². The molecule has 1 amide bonds. The molecule has 2 aromatic rings. The third-order valence-corrected chi connectivity index (χ3v) is 4.57. The van der Waals surface area contributed by atoms with Crippen molar-refractivity contribution in [1.29, 1.82) is 0 Å². The zero-order valence-corrected chi connectivity index (χ0v) is 12.9. The Balaban J connectivity index is 1.80. The predicted octanol–water partition coefficient (Wildman–Crippen LogP) is 2.05. The molecule has 1 atom stereocenters. The van der Waals surface area contributed by atoms with Crippen LogP contribution in [0.15, 0.2) is 29.1 Å². The topological polar surface area (TPSA) is 90.6 Å². The van der Waals surface area contributed by atoms with Crippen LogP contribution in [-0.2, 0) is 10.2 Å². The van der Waals surface area contributed by atoms with Crippen molar-refractivity contribution in [3.05, 3.63) is 51.2 Å². The maximum Gasteiger partial charge on any atom is 0.340 e. The van der Waals surface area contributed by atoms with Crippen LogP contribution in [0, 0.1) is 0 Å². The fraction of sp³-hybridized carbons (Fsp3) is 0.400. The molecule has 1 aliphatic carbocycles. The molecule has 0 spiro atoms. The highest BCUT2D eigenvalue weighted by Gasteiger charge is 2.46. The van der Waals surface area contributed by atoms with Gasteiger partial charge in [-0.15, -0.1) is 0 Å². The molecule has 0 bridgehead atoms. The maximum absolute atomic E-state index is 12.7. The van der Waals surface area contributed by atoms with E-state index in [0.717, 1.165) is 24.8 Å². The molecule has 3 rings (SSSR count). The van der Waals surface area contributed by atoms with Crippen LogP contribution in [0.5, 0.6) is 0 Å². The van der Waals surface area contributed by atoms with Crippen LogP contribution in [0.4, 0.5) is 0 Å². The van der Waals surface area contributed by atoms with Crippen molar-refractivity contribution in [2.75, 3.05) is 0 Å². The first kappa shape index (κ1) is 14.8. The van der Waals surface area contributed by atoms with E-state index >= 15 is 0 Å². The first-order valence-electron chi connectivity index (χ1n) is 7.23. The van der Waals surface area contributed by atoms with Crippen molar-refractivity contribution in [3.63, 3.8) is 0 Å². The van der Waals surface area contributed by atoms with Crippen molar-refractivity contribution >= 4 is 17.5 Å². The predicted molar refractivity (Wildman–Crippen MR) is 82.7 cm³/mol. The Labute approximate surface area is 132 Å². The van der Waals surface area contributed by atoms with E-state index in [1.54, 1.807) is 19.1 Å². The number of H-pyrrole nitrogens is 2. The molecule has 1 aliphatic rings. The van der Waals surface area contributed by atoms with E-state index in [2.05, 4.69) is 20.5 Å². The van der Waals surface area contributed by atoms with E-state index in [9.17, 15) is 9.59 Å². The fourth-order valence-corrected chi connectivity index (χ4v) is 2.96. The Hall–Kier alpha value is -2.08. The zero-order valence-electron chi connectivity index (χ0n) is 12.1. The van der Waals surface area contributed by atoms with Gasteiger partial charge in [0.25, 0.3) is 0 Å². The highest BCUT2D eigenvalue weighted by atomic mass is 35.5. The van der Waals surface area contributed by atoms with Crippen molar-refractivity contribution in [2.24, 2.45) is 0 Å². The number of carbonyl (C=O) groups is 1. The molecule has 1 saturated carbocycles. The number of hydrogen-bond donors (Lipinski definition) is 3. The summed E-state index contributed by atoms with van der Waals surface area (Å²) in [5.41, 5.74) is 0.0886. The normalized spacial score (nSPS) is 17.5. The Morgan fingerprint density at radius 2 is 2.05 bits per heavy atom. The lowest BCUT2D eigenvalue weighted by Crippen LogP contribution is -2.49. The molecule has 0 aliphatic heterocycles. The average molecular weight is 321 g/mol. The van der Waals surface area contributed by atoms with Crippen LogP contribution < -0.4 is 11.0 Å². The van der Waals surface area contributed by atoms with Gasteiger partial charge in [-0.1, -0.05) is 30.2 Å². The third kappa shape index (κ3) is 2.54. The molecule has 22 heavy (non-hydrogen) atoms. The summed E-state index contributed by atoms with van der Waals surface area (Å²) in [5.74, 6) is 0.376. The van der Waals surface area contributed by atoms with Gasteiger partial charge in [0, 0.05) is 5.02 Å². The van der Waals surface area contributed by atoms with Gasteiger partial charge in [0.2, 0.25) is 5.91 Å². The van der Waals surface area contributed by atoms with Crippen molar-refractivity contribution < 1.29 is 4.79 Å². The first-order chi connectivity index (χ1) is 10.5. The SMILES string of the molecule is CC(NC(=O)C1(c2ccc(Cl)cc2)CCC1)c1n[nH]c(=O)[nH]1. The molecule has 1 aromatic carbocycles. The summed E-state index contributed by atoms with van der Waals surface area (Å²) in [6.45, 7) is 1.79. The molecule has 1 fully saturated rings.